The fourth-order valence-electron chi connectivity index (χ4n) is 4.07. The molecule has 0 radical (unpaired) electrons. The smallest absolute Gasteiger partial charge is 0.433 e. The van der Waals surface area contributed by atoms with Gasteiger partial charge >= 0.3 is 6.18 Å². The number of hydrogen-bond donors (Lipinski definition) is 2. The van der Waals surface area contributed by atoms with Gasteiger partial charge in [0.25, 0.3) is 11.8 Å². The monoisotopic (exact) mass is 657 g/mol. The van der Waals surface area contributed by atoms with Crippen LogP contribution in [0.3, 0.4) is 0 Å². The molecule has 0 fully saturated rings. The van der Waals surface area contributed by atoms with Crippen LogP contribution < -0.4 is 15.8 Å². The predicted molar refractivity (Wildman–Crippen MR) is 153 cm³/mol. The van der Waals surface area contributed by atoms with E-state index in [1.165, 1.54) is 35.1 Å². The lowest BCUT2D eigenvalue weighted by molar-refractivity contribution is -0.140. The molecule has 16 heteroatoms. The summed E-state index contributed by atoms with van der Waals surface area (Å²) in [4.78, 5) is 29.0. The van der Waals surface area contributed by atoms with Crippen LogP contribution in [0.4, 0.5) is 18.9 Å². The van der Waals surface area contributed by atoms with Crippen LogP contribution in [0.15, 0.2) is 40.9 Å². The molecule has 4 heterocycles. The number of hydrogen-bond acceptors (Lipinski definition) is 7. The van der Waals surface area contributed by atoms with Gasteiger partial charge < -0.3 is 20.2 Å². The average molecular weight is 659 g/mol. The average Bonchev–Trinajstić information content (AvgIpc) is 3.60. The Kier molecular flexibility index (Phi) is 7.88. The molecule has 0 aliphatic rings. The van der Waals surface area contributed by atoms with Gasteiger partial charge in [0.15, 0.2) is 11.5 Å². The molecule has 42 heavy (non-hydrogen) atoms. The molecule has 9 nitrogen and oxygen atoms in total. The van der Waals surface area contributed by atoms with Crippen LogP contribution in [0.25, 0.3) is 21.3 Å². The van der Waals surface area contributed by atoms with Crippen LogP contribution in [-0.4, -0.2) is 26.6 Å². The second-order valence-electron chi connectivity index (χ2n) is 8.88. The maximum Gasteiger partial charge on any atom is 0.433 e. The van der Waals surface area contributed by atoms with E-state index in [9.17, 15) is 22.8 Å². The van der Waals surface area contributed by atoms with E-state index in [0.717, 1.165) is 6.07 Å². The van der Waals surface area contributed by atoms with Crippen molar-refractivity contribution in [2.45, 2.75) is 19.7 Å². The molecule has 0 unspecified atom stereocenters. The van der Waals surface area contributed by atoms with E-state index in [0.29, 0.717) is 27.6 Å². The Morgan fingerprint density at radius 3 is 2.43 bits per heavy atom. The van der Waals surface area contributed by atoms with Crippen LogP contribution in [0, 0.1) is 6.92 Å². The first-order chi connectivity index (χ1) is 19.7. The molecular formula is C26H17Cl3F3N5O4S. The molecule has 0 saturated carbocycles. The number of pyridine rings is 1. The lowest BCUT2D eigenvalue weighted by atomic mass is 10.0. The summed E-state index contributed by atoms with van der Waals surface area (Å²) in [7, 11) is 1.63. The standard InChI is InChI=1S/C26H17Cl3F3N5O4S/c1-10-14(8-34-37(10)2)13-7-18(26(30,31)32)35-25-19(13)20(22(42-25)23(33)38)36-24(39)17-4-3-12(41-17)9-40-21-15(28)5-11(27)6-16(21)29/h3-8H,9H2,1-2H3,(H2,33,38)(H,36,39). The number of thiophene rings is 1. The van der Waals surface area contributed by atoms with Crippen molar-refractivity contribution in [3.8, 4) is 16.9 Å². The number of anilines is 1. The minimum absolute atomic E-state index is 0.0576. The van der Waals surface area contributed by atoms with Gasteiger partial charge in [0.1, 0.15) is 27.8 Å². The van der Waals surface area contributed by atoms with Gasteiger partial charge in [-0.2, -0.15) is 18.3 Å². The number of carbonyl (C=O) groups is 2. The number of furan rings is 1. The zero-order valence-corrected chi connectivity index (χ0v) is 24.5. The van der Waals surface area contributed by atoms with Crippen molar-refractivity contribution in [2.24, 2.45) is 12.8 Å². The molecule has 5 aromatic rings. The number of alkyl halides is 3. The quantitative estimate of drug-likeness (QED) is 0.187. The Bertz CT molecular complexity index is 1860. The van der Waals surface area contributed by atoms with E-state index in [-0.39, 0.29) is 60.3 Å². The van der Waals surface area contributed by atoms with E-state index in [1.807, 2.05) is 0 Å². The SMILES string of the molecule is Cc1c(-c2cc(C(F)(F)F)nc3sc(C(N)=O)c(NC(=O)c4ccc(COc5c(Cl)cc(Cl)cc5Cl)o4)c23)cnn1C. The van der Waals surface area contributed by atoms with Crippen molar-refractivity contribution in [1.82, 2.24) is 14.8 Å². The maximum absolute atomic E-state index is 13.8. The van der Waals surface area contributed by atoms with E-state index < -0.39 is 23.7 Å². The lowest BCUT2D eigenvalue weighted by Crippen LogP contribution is -2.16. The number of amides is 2. The summed E-state index contributed by atoms with van der Waals surface area (Å²) in [6.45, 7) is 1.51. The van der Waals surface area contributed by atoms with Crippen LogP contribution in [0.5, 0.6) is 5.75 Å². The largest absolute Gasteiger partial charge is 0.483 e. The molecule has 0 saturated heterocycles. The Balaban J connectivity index is 1.52. The van der Waals surface area contributed by atoms with Gasteiger partial charge in [-0.15, -0.1) is 11.3 Å². The number of primary amides is 1. The number of nitrogens with zero attached hydrogens (tertiary/aromatic N) is 3. The van der Waals surface area contributed by atoms with Gasteiger partial charge in [-0.05, 0) is 42.8 Å². The van der Waals surface area contributed by atoms with Gasteiger partial charge in [0.2, 0.25) is 0 Å². The topological polar surface area (TPSA) is 125 Å². The fourth-order valence-corrected chi connectivity index (χ4v) is 6.01. The van der Waals surface area contributed by atoms with Crippen molar-refractivity contribution in [3.63, 3.8) is 0 Å². The summed E-state index contributed by atoms with van der Waals surface area (Å²) >= 11 is 18.8. The molecule has 3 N–H and O–H groups in total. The Hall–Kier alpha value is -3.78. The molecule has 218 valence electrons. The van der Waals surface area contributed by atoms with Crippen LogP contribution in [-0.2, 0) is 19.8 Å². The number of ether oxygens (including phenoxy) is 1. The summed E-state index contributed by atoms with van der Waals surface area (Å²) in [5.74, 6) is -1.59. The highest BCUT2D eigenvalue weighted by Crippen LogP contribution is 2.44. The maximum atomic E-state index is 13.8. The first-order valence-electron chi connectivity index (χ1n) is 11.8. The van der Waals surface area contributed by atoms with Gasteiger partial charge in [0.05, 0.1) is 21.9 Å². The van der Waals surface area contributed by atoms with Gasteiger partial charge in [0, 0.05) is 28.7 Å². The molecule has 0 aliphatic carbocycles. The zero-order valence-electron chi connectivity index (χ0n) is 21.4. The van der Waals surface area contributed by atoms with E-state index in [2.05, 4.69) is 15.4 Å². The second-order valence-corrected chi connectivity index (χ2v) is 11.1. The number of halogens is 6. The molecule has 0 atom stereocenters. The highest BCUT2D eigenvalue weighted by Gasteiger charge is 2.35. The van der Waals surface area contributed by atoms with Crippen LogP contribution >= 0.6 is 46.1 Å². The van der Waals surface area contributed by atoms with E-state index in [1.54, 1.807) is 14.0 Å². The molecule has 0 aliphatic heterocycles. The summed E-state index contributed by atoms with van der Waals surface area (Å²) in [6, 6.07) is 6.55. The molecule has 0 bridgehead atoms. The van der Waals surface area contributed by atoms with Gasteiger partial charge in [-0.25, -0.2) is 4.98 Å². The molecule has 5 rings (SSSR count). The number of aryl methyl sites for hydroxylation is 1. The minimum atomic E-state index is -4.79. The molecule has 1 aromatic carbocycles. The first-order valence-corrected chi connectivity index (χ1v) is 13.7. The molecular weight excluding hydrogens is 642 g/mol. The summed E-state index contributed by atoms with van der Waals surface area (Å²) in [5, 5.41) is 7.43. The van der Waals surface area contributed by atoms with Crippen LogP contribution in [0.1, 0.15) is 37.4 Å². The van der Waals surface area contributed by atoms with E-state index >= 15 is 0 Å². The fraction of sp³-hybridized carbons (Fsp3) is 0.154. The Morgan fingerprint density at radius 2 is 1.83 bits per heavy atom. The summed E-state index contributed by atoms with van der Waals surface area (Å²) in [6.07, 6.45) is -3.40. The minimum Gasteiger partial charge on any atom is -0.483 e. The highest BCUT2D eigenvalue weighted by atomic mass is 35.5. The highest BCUT2D eigenvalue weighted by molar-refractivity contribution is 7.21. The van der Waals surface area contributed by atoms with Gasteiger partial charge in [-0.1, -0.05) is 34.8 Å². The Morgan fingerprint density at radius 1 is 1.14 bits per heavy atom. The lowest BCUT2D eigenvalue weighted by Gasteiger charge is -2.12. The molecule has 2 amide bonds. The first kappa shape index (κ1) is 29.7. The van der Waals surface area contributed by atoms with Crippen molar-refractivity contribution in [3.05, 3.63) is 79.4 Å². The third kappa shape index (κ3) is 5.64. The molecule has 0 spiro atoms. The number of nitrogens with two attached hydrogens (primary N) is 1. The number of aromatic nitrogens is 3. The van der Waals surface area contributed by atoms with Crippen molar-refractivity contribution < 1.29 is 31.9 Å². The van der Waals surface area contributed by atoms with Crippen LogP contribution in [0.2, 0.25) is 15.1 Å². The predicted octanol–water partition coefficient (Wildman–Crippen LogP) is 7.51. The number of fused-ring (bicyclic) bond motifs is 1. The normalized spacial score (nSPS) is 11.7. The zero-order chi connectivity index (χ0) is 30.5. The summed E-state index contributed by atoms with van der Waals surface area (Å²) in [5.41, 5.74) is 5.21. The third-order valence-corrected chi connectivity index (χ3v) is 8.03. The van der Waals surface area contributed by atoms with Gasteiger partial charge in [-0.3, -0.25) is 14.3 Å². The number of benzene rings is 1. The summed E-state index contributed by atoms with van der Waals surface area (Å²) < 4.78 is 54.0. The third-order valence-electron chi connectivity index (χ3n) is 6.15. The molecule has 4 aromatic heterocycles. The Labute approximate surface area is 253 Å². The number of nitrogens with one attached hydrogen (secondary N) is 1. The number of rotatable bonds is 7. The second kappa shape index (κ2) is 11.1. The van der Waals surface area contributed by atoms with E-state index in [4.69, 9.17) is 49.7 Å². The van der Waals surface area contributed by atoms with Crippen molar-refractivity contribution in [1.29, 1.82) is 0 Å². The number of carbonyl (C=O) groups excluding carboxylic acids is 2. The van der Waals surface area contributed by atoms with Crippen molar-refractivity contribution in [2.75, 3.05) is 5.32 Å². The van der Waals surface area contributed by atoms with Crippen molar-refractivity contribution >= 4 is 73.9 Å².